The quantitative estimate of drug-likeness (QED) is 0.923. The van der Waals surface area contributed by atoms with Crippen molar-refractivity contribution in [3.05, 3.63) is 35.4 Å². The number of hydrogen-bond donors (Lipinski definition) is 1. The molecule has 0 aromatic heterocycles. The van der Waals surface area contributed by atoms with E-state index < -0.39 is 0 Å². The van der Waals surface area contributed by atoms with E-state index in [1.54, 1.807) is 0 Å². The van der Waals surface area contributed by atoms with E-state index in [9.17, 15) is 0 Å². The lowest BCUT2D eigenvalue weighted by atomic mass is 9.69. The summed E-state index contributed by atoms with van der Waals surface area (Å²) < 4.78 is 0. The average molecular weight is 292 g/mol. The van der Waals surface area contributed by atoms with Crippen molar-refractivity contribution in [2.24, 2.45) is 11.1 Å². The fourth-order valence-electron chi connectivity index (χ4n) is 3.23. The molecule has 0 radical (unpaired) electrons. The highest BCUT2D eigenvalue weighted by molar-refractivity contribution is 7.99. The Kier molecular flexibility index (Phi) is 4.83. The zero-order valence-electron chi connectivity index (χ0n) is 13.3. The molecular formula is C17H28N2S. The monoisotopic (exact) mass is 292 g/mol. The van der Waals surface area contributed by atoms with Gasteiger partial charge in [0.1, 0.15) is 0 Å². The van der Waals surface area contributed by atoms with Crippen LogP contribution in [-0.4, -0.2) is 35.5 Å². The van der Waals surface area contributed by atoms with Gasteiger partial charge in [-0.2, -0.15) is 11.8 Å². The maximum atomic E-state index is 6.24. The lowest BCUT2D eigenvalue weighted by Gasteiger charge is -2.54. The van der Waals surface area contributed by atoms with Gasteiger partial charge in [0, 0.05) is 24.4 Å². The summed E-state index contributed by atoms with van der Waals surface area (Å²) >= 11 is 2.05. The molecule has 0 spiro atoms. The number of aryl methyl sites for hydroxylation is 1. The number of hydrogen-bond acceptors (Lipinski definition) is 3. The third kappa shape index (κ3) is 2.90. The smallest absolute Gasteiger partial charge is 0.0473 e. The van der Waals surface area contributed by atoms with Gasteiger partial charge in [-0.1, -0.05) is 43.7 Å². The van der Waals surface area contributed by atoms with Crippen molar-refractivity contribution in [2.45, 2.75) is 39.3 Å². The summed E-state index contributed by atoms with van der Waals surface area (Å²) in [6, 6.07) is 8.86. The van der Waals surface area contributed by atoms with Crippen LogP contribution in [0.15, 0.2) is 24.3 Å². The van der Waals surface area contributed by atoms with E-state index in [0.29, 0.717) is 0 Å². The summed E-state index contributed by atoms with van der Waals surface area (Å²) in [4.78, 5) is 2.49. The SMILES string of the molecule is Cc1ccc(CN(C)C2(CN)CSCCC2(C)C)cc1. The van der Waals surface area contributed by atoms with Gasteiger partial charge in [-0.25, -0.2) is 0 Å². The van der Waals surface area contributed by atoms with Gasteiger partial charge < -0.3 is 5.73 Å². The molecule has 2 N–H and O–H groups in total. The van der Waals surface area contributed by atoms with Crippen molar-refractivity contribution in [1.82, 2.24) is 4.90 Å². The molecule has 0 saturated carbocycles. The van der Waals surface area contributed by atoms with Crippen LogP contribution in [0.25, 0.3) is 0 Å². The molecule has 2 nitrogen and oxygen atoms in total. The van der Waals surface area contributed by atoms with Gasteiger partial charge >= 0.3 is 0 Å². The van der Waals surface area contributed by atoms with E-state index >= 15 is 0 Å². The molecule has 20 heavy (non-hydrogen) atoms. The Balaban J connectivity index is 2.20. The van der Waals surface area contributed by atoms with Crippen molar-refractivity contribution < 1.29 is 0 Å². The largest absolute Gasteiger partial charge is 0.329 e. The zero-order valence-corrected chi connectivity index (χ0v) is 14.1. The van der Waals surface area contributed by atoms with E-state index in [2.05, 4.69) is 57.0 Å². The van der Waals surface area contributed by atoms with Crippen molar-refractivity contribution >= 4 is 11.8 Å². The standard InChI is InChI=1S/C17H28N2S/c1-14-5-7-15(8-6-14)11-19(4)17(12-18)13-20-10-9-16(17,2)3/h5-8H,9-13,18H2,1-4H3. The van der Waals surface area contributed by atoms with Crippen LogP contribution in [-0.2, 0) is 6.54 Å². The Bertz CT molecular complexity index is 441. The Morgan fingerprint density at radius 1 is 1.25 bits per heavy atom. The van der Waals surface area contributed by atoms with Crippen LogP contribution in [0.3, 0.4) is 0 Å². The van der Waals surface area contributed by atoms with Gasteiger partial charge in [0.2, 0.25) is 0 Å². The van der Waals surface area contributed by atoms with Crippen LogP contribution in [0.1, 0.15) is 31.4 Å². The molecular weight excluding hydrogens is 264 g/mol. The topological polar surface area (TPSA) is 29.3 Å². The van der Waals surface area contributed by atoms with Crippen LogP contribution in [0.5, 0.6) is 0 Å². The maximum absolute atomic E-state index is 6.24. The van der Waals surface area contributed by atoms with E-state index in [0.717, 1.165) is 18.8 Å². The lowest BCUT2D eigenvalue weighted by molar-refractivity contribution is 0.0148. The molecule has 2 rings (SSSR count). The van der Waals surface area contributed by atoms with Crippen LogP contribution >= 0.6 is 11.8 Å². The predicted octanol–water partition coefficient (Wildman–Crippen LogP) is 3.29. The number of benzene rings is 1. The molecule has 1 aliphatic heterocycles. The molecule has 0 aliphatic carbocycles. The Hall–Kier alpha value is -0.510. The molecule has 1 aromatic carbocycles. The van der Waals surface area contributed by atoms with Crippen molar-refractivity contribution in [3.8, 4) is 0 Å². The zero-order chi connectivity index (χ0) is 14.8. The fourth-order valence-corrected chi connectivity index (χ4v) is 5.10. The summed E-state index contributed by atoms with van der Waals surface area (Å²) in [5.74, 6) is 2.39. The van der Waals surface area contributed by atoms with Gasteiger partial charge in [0.05, 0.1) is 0 Å². The molecule has 1 atom stereocenters. The highest BCUT2D eigenvalue weighted by Crippen LogP contribution is 2.45. The van der Waals surface area contributed by atoms with E-state index in [1.165, 1.54) is 23.3 Å². The second kappa shape index (κ2) is 6.08. The van der Waals surface area contributed by atoms with Gasteiger partial charge in [-0.05, 0) is 37.1 Å². The summed E-state index contributed by atoms with van der Waals surface area (Å²) in [6.07, 6.45) is 1.24. The first kappa shape index (κ1) is 15.9. The first-order valence-electron chi connectivity index (χ1n) is 7.46. The highest BCUT2D eigenvalue weighted by atomic mass is 32.2. The van der Waals surface area contributed by atoms with Crippen LogP contribution in [0, 0.1) is 12.3 Å². The number of nitrogens with zero attached hydrogens (tertiary/aromatic N) is 1. The molecule has 3 heteroatoms. The van der Waals surface area contributed by atoms with Crippen molar-refractivity contribution in [3.63, 3.8) is 0 Å². The van der Waals surface area contributed by atoms with E-state index in [-0.39, 0.29) is 11.0 Å². The first-order chi connectivity index (χ1) is 9.41. The minimum Gasteiger partial charge on any atom is -0.329 e. The minimum atomic E-state index is 0.0980. The molecule has 1 fully saturated rings. The molecule has 1 aromatic rings. The van der Waals surface area contributed by atoms with Gasteiger partial charge in [0.25, 0.3) is 0 Å². The number of rotatable bonds is 4. The predicted molar refractivity (Wildman–Crippen MR) is 90.2 cm³/mol. The van der Waals surface area contributed by atoms with Crippen LogP contribution in [0.2, 0.25) is 0 Å². The highest BCUT2D eigenvalue weighted by Gasteiger charge is 2.48. The minimum absolute atomic E-state index is 0.0980. The van der Waals surface area contributed by atoms with E-state index in [1.807, 2.05) is 11.8 Å². The first-order valence-corrected chi connectivity index (χ1v) is 8.61. The molecule has 1 saturated heterocycles. The third-order valence-electron chi connectivity index (χ3n) is 5.08. The Morgan fingerprint density at radius 2 is 1.90 bits per heavy atom. The molecule has 0 bridgehead atoms. The van der Waals surface area contributed by atoms with Gasteiger partial charge in [0.15, 0.2) is 0 Å². The fraction of sp³-hybridized carbons (Fsp3) is 0.647. The van der Waals surface area contributed by atoms with Gasteiger partial charge in [-0.15, -0.1) is 0 Å². The second-order valence-electron chi connectivity index (χ2n) is 6.76. The van der Waals surface area contributed by atoms with Crippen LogP contribution < -0.4 is 5.73 Å². The van der Waals surface area contributed by atoms with Crippen molar-refractivity contribution in [2.75, 3.05) is 25.1 Å². The molecule has 1 unspecified atom stereocenters. The molecule has 1 aliphatic rings. The number of likely N-dealkylation sites (N-methyl/N-ethyl adjacent to an activating group) is 1. The maximum Gasteiger partial charge on any atom is 0.0473 e. The second-order valence-corrected chi connectivity index (χ2v) is 7.87. The Morgan fingerprint density at radius 3 is 2.45 bits per heavy atom. The number of nitrogens with two attached hydrogens (primary N) is 1. The summed E-state index contributed by atoms with van der Waals surface area (Å²) in [5.41, 5.74) is 9.30. The summed E-state index contributed by atoms with van der Waals surface area (Å²) in [6.45, 7) is 8.60. The molecule has 1 heterocycles. The summed E-state index contributed by atoms with van der Waals surface area (Å²) in [5, 5.41) is 0. The normalized spacial score (nSPS) is 25.9. The lowest BCUT2D eigenvalue weighted by Crippen LogP contribution is -2.64. The molecule has 0 amide bonds. The van der Waals surface area contributed by atoms with E-state index in [4.69, 9.17) is 5.73 Å². The van der Waals surface area contributed by atoms with Gasteiger partial charge in [-0.3, -0.25) is 4.90 Å². The van der Waals surface area contributed by atoms with Crippen LogP contribution in [0.4, 0.5) is 0 Å². The average Bonchev–Trinajstić information content (AvgIpc) is 2.41. The van der Waals surface area contributed by atoms with Crippen molar-refractivity contribution in [1.29, 1.82) is 0 Å². The Labute approximate surface area is 128 Å². The molecule has 112 valence electrons. The third-order valence-corrected chi connectivity index (χ3v) is 6.26. The summed E-state index contributed by atoms with van der Waals surface area (Å²) in [7, 11) is 2.24. The number of thioether (sulfide) groups is 1.